The highest BCUT2D eigenvalue weighted by Gasteiger charge is 2.26. The number of amides is 1. The van der Waals surface area contributed by atoms with Crippen molar-refractivity contribution in [2.24, 2.45) is 5.73 Å². The first kappa shape index (κ1) is 15.2. The van der Waals surface area contributed by atoms with Gasteiger partial charge in [-0.3, -0.25) is 9.69 Å². The number of likely N-dealkylation sites (tertiary alicyclic amines) is 1. The van der Waals surface area contributed by atoms with Crippen molar-refractivity contribution in [2.45, 2.75) is 30.2 Å². The van der Waals surface area contributed by atoms with Gasteiger partial charge in [-0.1, -0.05) is 6.42 Å². The number of hydrogen-bond acceptors (Lipinski definition) is 4. The molecular formula is C15H22N2O2S. The Morgan fingerprint density at radius 1 is 1.40 bits per heavy atom. The van der Waals surface area contributed by atoms with Crippen LogP contribution in [0.15, 0.2) is 29.2 Å². The Morgan fingerprint density at radius 2 is 2.15 bits per heavy atom. The summed E-state index contributed by atoms with van der Waals surface area (Å²) in [6.07, 6.45) is 5.14. The first-order valence-electron chi connectivity index (χ1n) is 7.01. The van der Waals surface area contributed by atoms with Gasteiger partial charge in [0.05, 0.1) is 6.04 Å². The van der Waals surface area contributed by atoms with Gasteiger partial charge >= 0.3 is 0 Å². The Hall–Kier alpha value is -1.20. The molecule has 1 aromatic rings. The number of carbonyl (C=O) groups is 1. The van der Waals surface area contributed by atoms with Gasteiger partial charge in [-0.05, 0) is 49.9 Å². The van der Waals surface area contributed by atoms with Crippen molar-refractivity contribution in [3.8, 4) is 5.75 Å². The summed E-state index contributed by atoms with van der Waals surface area (Å²) in [6, 6.07) is 7.94. The molecule has 1 atom stereocenters. The van der Waals surface area contributed by atoms with E-state index in [-0.39, 0.29) is 11.9 Å². The van der Waals surface area contributed by atoms with Crippen LogP contribution in [0.2, 0.25) is 0 Å². The molecule has 2 N–H and O–H groups in total. The van der Waals surface area contributed by atoms with E-state index in [0.29, 0.717) is 6.61 Å². The van der Waals surface area contributed by atoms with E-state index in [0.717, 1.165) is 38.1 Å². The lowest BCUT2D eigenvalue weighted by Gasteiger charge is -2.33. The average molecular weight is 294 g/mol. The number of thioether (sulfide) groups is 1. The molecular weight excluding hydrogens is 272 g/mol. The van der Waals surface area contributed by atoms with Crippen molar-refractivity contribution in [2.75, 3.05) is 26.0 Å². The Morgan fingerprint density at radius 3 is 2.80 bits per heavy atom. The first-order valence-corrected chi connectivity index (χ1v) is 8.23. The van der Waals surface area contributed by atoms with Gasteiger partial charge in [0.2, 0.25) is 5.91 Å². The molecule has 110 valence electrons. The Bertz CT molecular complexity index is 436. The number of carbonyl (C=O) groups excluding carboxylic acids is 1. The number of nitrogens with zero attached hydrogens (tertiary/aromatic N) is 1. The summed E-state index contributed by atoms with van der Waals surface area (Å²) < 4.78 is 5.73. The topological polar surface area (TPSA) is 55.6 Å². The average Bonchev–Trinajstić information content (AvgIpc) is 2.48. The molecule has 0 radical (unpaired) electrons. The SMILES string of the molecule is CSc1ccc(OCCN2CCCC[C@@H]2C(N)=O)cc1. The third-order valence-corrected chi connectivity index (χ3v) is 4.39. The minimum atomic E-state index is -0.214. The molecule has 0 saturated carbocycles. The summed E-state index contributed by atoms with van der Waals surface area (Å²) in [5.74, 6) is 0.657. The molecule has 5 heteroatoms. The largest absolute Gasteiger partial charge is 0.492 e. The number of ether oxygens (including phenoxy) is 1. The molecule has 1 heterocycles. The quantitative estimate of drug-likeness (QED) is 0.817. The lowest BCUT2D eigenvalue weighted by molar-refractivity contribution is -0.124. The van der Waals surface area contributed by atoms with E-state index in [1.54, 1.807) is 11.8 Å². The molecule has 1 aliphatic heterocycles. The maximum atomic E-state index is 11.4. The second-order valence-corrected chi connectivity index (χ2v) is 5.85. The van der Waals surface area contributed by atoms with Gasteiger partial charge in [-0.2, -0.15) is 0 Å². The molecule has 1 aliphatic rings. The Kier molecular flexibility index (Phi) is 5.73. The molecule has 4 nitrogen and oxygen atoms in total. The van der Waals surface area contributed by atoms with Gasteiger partial charge in [0.25, 0.3) is 0 Å². The van der Waals surface area contributed by atoms with Crippen molar-refractivity contribution in [1.29, 1.82) is 0 Å². The summed E-state index contributed by atoms with van der Waals surface area (Å²) >= 11 is 1.71. The Balaban J connectivity index is 1.80. The zero-order valence-electron chi connectivity index (χ0n) is 11.9. The van der Waals surface area contributed by atoms with E-state index in [9.17, 15) is 4.79 Å². The van der Waals surface area contributed by atoms with Gasteiger partial charge in [-0.15, -0.1) is 11.8 Å². The lowest BCUT2D eigenvalue weighted by atomic mass is 10.0. The predicted octanol–water partition coefficient (Wildman–Crippen LogP) is 2.13. The van der Waals surface area contributed by atoms with E-state index >= 15 is 0 Å². The van der Waals surface area contributed by atoms with Crippen LogP contribution in [-0.2, 0) is 4.79 Å². The van der Waals surface area contributed by atoms with Gasteiger partial charge in [-0.25, -0.2) is 0 Å². The van der Waals surface area contributed by atoms with E-state index in [1.165, 1.54) is 4.90 Å². The van der Waals surface area contributed by atoms with Crippen LogP contribution >= 0.6 is 11.8 Å². The number of nitrogens with two attached hydrogens (primary N) is 1. The minimum absolute atomic E-state index is 0.119. The zero-order chi connectivity index (χ0) is 14.4. The molecule has 0 bridgehead atoms. The molecule has 1 saturated heterocycles. The first-order chi connectivity index (χ1) is 9.70. The van der Waals surface area contributed by atoms with Crippen molar-refractivity contribution < 1.29 is 9.53 Å². The molecule has 20 heavy (non-hydrogen) atoms. The van der Waals surface area contributed by atoms with Crippen LogP contribution in [0.4, 0.5) is 0 Å². The highest BCUT2D eigenvalue weighted by molar-refractivity contribution is 7.98. The van der Waals surface area contributed by atoms with Crippen molar-refractivity contribution in [3.63, 3.8) is 0 Å². The number of rotatable bonds is 6. The summed E-state index contributed by atoms with van der Waals surface area (Å²) in [5.41, 5.74) is 5.45. The minimum Gasteiger partial charge on any atom is -0.492 e. The van der Waals surface area contributed by atoms with Crippen molar-refractivity contribution >= 4 is 17.7 Å². The van der Waals surface area contributed by atoms with Crippen LogP contribution in [0.5, 0.6) is 5.75 Å². The van der Waals surface area contributed by atoms with Crippen LogP contribution in [-0.4, -0.2) is 42.8 Å². The summed E-state index contributed by atoms with van der Waals surface area (Å²) in [6.45, 7) is 2.27. The second kappa shape index (κ2) is 7.55. The fourth-order valence-corrected chi connectivity index (χ4v) is 2.94. The smallest absolute Gasteiger partial charge is 0.234 e. The third kappa shape index (κ3) is 4.15. The maximum Gasteiger partial charge on any atom is 0.234 e. The molecule has 0 aromatic heterocycles. The van der Waals surface area contributed by atoms with Gasteiger partial charge in [0, 0.05) is 11.4 Å². The molecule has 1 fully saturated rings. The van der Waals surface area contributed by atoms with Crippen LogP contribution < -0.4 is 10.5 Å². The number of primary amides is 1. The van der Waals surface area contributed by atoms with Gasteiger partial charge < -0.3 is 10.5 Å². The van der Waals surface area contributed by atoms with Crippen LogP contribution in [0.3, 0.4) is 0 Å². The normalized spacial score (nSPS) is 19.8. The van der Waals surface area contributed by atoms with Gasteiger partial charge in [0.15, 0.2) is 0 Å². The molecule has 2 rings (SSSR count). The lowest BCUT2D eigenvalue weighted by Crippen LogP contribution is -2.48. The Labute approximate surface area is 124 Å². The fraction of sp³-hybridized carbons (Fsp3) is 0.533. The molecule has 1 amide bonds. The summed E-state index contributed by atoms with van der Waals surface area (Å²) in [5, 5.41) is 0. The van der Waals surface area contributed by atoms with Gasteiger partial charge in [0.1, 0.15) is 12.4 Å². The molecule has 0 aliphatic carbocycles. The molecule has 1 aromatic carbocycles. The predicted molar refractivity (Wildman–Crippen MR) is 82.1 cm³/mol. The number of hydrogen-bond donors (Lipinski definition) is 1. The van der Waals surface area contributed by atoms with Crippen LogP contribution in [0, 0.1) is 0 Å². The standard InChI is InChI=1S/C15H22N2O2S/c1-20-13-7-5-12(6-8-13)19-11-10-17-9-3-2-4-14(17)15(16)18/h5-8,14H,2-4,9-11H2,1H3,(H2,16,18)/t14-/m1/s1. The molecule has 0 spiro atoms. The van der Waals surface area contributed by atoms with E-state index < -0.39 is 0 Å². The van der Waals surface area contributed by atoms with E-state index in [2.05, 4.69) is 11.2 Å². The number of benzene rings is 1. The second-order valence-electron chi connectivity index (χ2n) is 4.97. The van der Waals surface area contributed by atoms with E-state index in [4.69, 9.17) is 10.5 Å². The van der Waals surface area contributed by atoms with E-state index in [1.807, 2.05) is 24.3 Å². The van der Waals surface area contributed by atoms with Crippen molar-refractivity contribution in [3.05, 3.63) is 24.3 Å². The summed E-state index contributed by atoms with van der Waals surface area (Å²) in [4.78, 5) is 14.8. The highest BCUT2D eigenvalue weighted by Crippen LogP contribution is 2.20. The van der Waals surface area contributed by atoms with Crippen molar-refractivity contribution in [1.82, 2.24) is 4.90 Å². The highest BCUT2D eigenvalue weighted by atomic mass is 32.2. The monoisotopic (exact) mass is 294 g/mol. The molecule has 0 unspecified atom stereocenters. The van der Waals surface area contributed by atoms with Crippen LogP contribution in [0.1, 0.15) is 19.3 Å². The fourth-order valence-electron chi connectivity index (χ4n) is 2.53. The third-order valence-electron chi connectivity index (χ3n) is 3.65. The van der Waals surface area contributed by atoms with Crippen LogP contribution in [0.25, 0.3) is 0 Å². The number of piperidine rings is 1. The maximum absolute atomic E-state index is 11.4. The zero-order valence-corrected chi connectivity index (χ0v) is 12.7. The summed E-state index contributed by atoms with van der Waals surface area (Å²) in [7, 11) is 0.